The zero-order chi connectivity index (χ0) is 21.3. The van der Waals surface area contributed by atoms with E-state index in [1.165, 1.54) is 22.5 Å². The lowest BCUT2D eigenvalue weighted by molar-refractivity contribution is 0.269. The molecule has 3 aromatic rings. The van der Waals surface area contributed by atoms with E-state index < -0.39 is 15.8 Å². The van der Waals surface area contributed by atoms with Crippen molar-refractivity contribution in [3.8, 4) is 5.69 Å². The summed E-state index contributed by atoms with van der Waals surface area (Å²) in [7, 11) is -3.86. The highest BCUT2D eigenvalue weighted by Crippen LogP contribution is 2.27. The number of aryl methyl sites for hydroxylation is 1. The van der Waals surface area contributed by atoms with Crippen LogP contribution in [0.3, 0.4) is 0 Å². The third kappa shape index (κ3) is 3.82. The van der Waals surface area contributed by atoms with Gasteiger partial charge in [-0.05, 0) is 49.4 Å². The number of halogens is 1. The third-order valence-electron chi connectivity index (χ3n) is 5.60. The fourth-order valence-electron chi connectivity index (χ4n) is 3.93. The summed E-state index contributed by atoms with van der Waals surface area (Å²) in [5.41, 5.74) is 1.46. The molecule has 1 saturated heterocycles. The van der Waals surface area contributed by atoms with Crippen LogP contribution in [0.25, 0.3) is 5.69 Å². The molecule has 0 spiro atoms. The Morgan fingerprint density at radius 3 is 2.47 bits per heavy atom. The topological polar surface area (TPSA) is 88.1 Å². The Kier molecular flexibility index (Phi) is 5.57. The first-order valence-electron chi connectivity index (χ1n) is 9.85. The van der Waals surface area contributed by atoms with Crippen LogP contribution in [0.1, 0.15) is 24.2 Å². The molecule has 1 N–H and O–H groups in total. The first-order valence-corrected chi connectivity index (χ1v) is 11.3. The van der Waals surface area contributed by atoms with Gasteiger partial charge in [0, 0.05) is 19.5 Å². The van der Waals surface area contributed by atoms with Crippen molar-refractivity contribution in [1.29, 1.82) is 0 Å². The molecule has 158 valence electrons. The molecule has 0 saturated carbocycles. The molecule has 9 heteroatoms. The molecule has 0 aliphatic carbocycles. The maximum atomic E-state index is 14.0. The Bertz CT molecular complexity index is 1210. The van der Waals surface area contributed by atoms with Crippen molar-refractivity contribution >= 4 is 10.0 Å². The Morgan fingerprint density at radius 1 is 1.10 bits per heavy atom. The molecule has 2 heterocycles. The van der Waals surface area contributed by atoms with Crippen molar-refractivity contribution in [2.75, 3.05) is 13.1 Å². The standard InChI is InChI=1S/C21H23FN4O3S/c1-15-6-2-4-8-18(15)26-20(23-24-21(26)27)14-16-10-12-25(13-11-16)30(28,29)19-9-5-3-7-17(19)22/h2-9,16H,10-14H2,1H3,(H,24,27). The lowest BCUT2D eigenvalue weighted by Gasteiger charge is -2.31. The molecule has 0 bridgehead atoms. The van der Waals surface area contributed by atoms with Gasteiger partial charge in [-0.3, -0.25) is 0 Å². The van der Waals surface area contributed by atoms with Crippen LogP contribution in [-0.4, -0.2) is 40.6 Å². The van der Waals surface area contributed by atoms with Crippen LogP contribution in [-0.2, 0) is 16.4 Å². The van der Waals surface area contributed by atoms with Gasteiger partial charge in [-0.25, -0.2) is 27.3 Å². The van der Waals surface area contributed by atoms with E-state index in [4.69, 9.17) is 0 Å². The van der Waals surface area contributed by atoms with E-state index in [0.29, 0.717) is 38.2 Å². The highest BCUT2D eigenvalue weighted by atomic mass is 32.2. The summed E-state index contributed by atoms with van der Waals surface area (Å²) in [4.78, 5) is 12.0. The van der Waals surface area contributed by atoms with Gasteiger partial charge < -0.3 is 0 Å². The second-order valence-corrected chi connectivity index (χ2v) is 9.46. The number of para-hydroxylation sites is 1. The van der Waals surface area contributed by atoms with Gasteiger partial charge in [0.05, 0.1) is 5.69 Å². The maximum Gasteiger partial charge on any atom is 0.347 e. The minimum absolute atomic E-state index is 0.176. The zero-order valence-electron chi connectivity index (χ0n) is 16.6. The summed E-state index contributed by atoms with van der Waals surface area (Å²) >= 11 is 0. The molecule has 0 atom stereocenters. The Hall–Kier alpha value is -2.78. The fraction of sp³-hybridized carbons (Fsp3) is 0.333. The molecular weight excluding hydrogens is 407 g/mol. The van der Waals surface area contributed by atoms with Crippen LogP contribution in [0.5, 0.6) is 0 Å². The van der Waals surface area contributed by atoms with E-state index in [2.05, 4.69) is 10.2 Å². The van der Waals surface area contributed by atoms with Crippen molar-refractivity contribution in [3.05, 3.63) is 76.2 Å². The second-order valence-electron chi connectivity index (χ2n) is 7.55. The minimum atomic E-state index is -3.86. The quantitative estimate of drug-likeness (QED) is 0.674. The smallest absolute Gasteiger partial charge is 0.247 e. The molecule has 30 heavy (non-hydrogen) atoms. The van der Waals surface area contributed by atoms with Crippen LogP contribution < -0.4 is 5.69 Å². The highest BCUT2D eigenvalue weighted by molar-refractivity contribution is 7.89. The first kappa shape index (κ1) is 20.5. The number of aromatic nitrogens is 3. The second kappa shape index (κ2) is 8.16. The van der Waals surface area contributed by atoms with Crippen molar-refractivity contribution in [2.45, 2.75) is 31.1 Å². The molecule has 0 radical (unpaired) electrons. The highest BCUT2D eigenvalue weighted by Gasteiger charge is 2.31. The van der Waals surface area contributed by atoms with Crippen LogP contribution in [0.2, 0.25) is 0 Å². The molecule has 1 aromatic heterocycles. The normalized spacial score (nSPS) is 16.1. The summed E-state index contributed by atoms with van der Waals surface area (Å²) in [5, 5.41) is 6.72. The lowest BCUT2D eigenvalue weighted by Crippen LogP contribution is -2.39. The number of aromatic amines is 1. The lowest BCUT2D eigenvalue weighted by atomic mass is 9.94. The molecule has 4 rings (SSSR count). The average Bonchev–Trinajstić information content (AvgIpc) is 3.09. The van der Waals surface area contributed by atoms with Crippen LogP contribution >= 0.6 is 0 Å². The van der Waals surface area contributed by atoms with Crippen LogP contribution in [0.4, 0.5) is 4.39 Å². The molecule has 1 fully saturated rings. The van der Waals surface area contributed by atoms with Gasteiger partial charge in [0.2, 0.25) is 10.0 Å². The van der Waals surface area contributed by atoms with E-state index in [0.717, 1.165) is 17.3 Å². The molecule has 7 nitrogen and oxygen atoms in total. The van der Waals surface area contributed by atoms with Gasteiger partial charge in [-0.2, -0.15) is 9.40 Å². The van der Waals surface area contributed by atoms with Gasteiger partial charge in [-0.1, -0.05) is 30.3 Å². The third-order valence-corrected chi connectivity index (χ3v) is 7.53. The number of benzene rings is 2. The summed E-state index contributed by atoms with van der Waals surface area (Å²) in [6, 6.07) is 13.0. The number of hydrogen-bond acceptors (Lipinski definition) is 4. The van der Waals surface area contributed by atoms with Crippen molar-refractivity contribution in [1.82, 2.24) is 19.1 Å². The van der Waals surface area contributed by atoms with E-state index in [9.17, 15) is 17.6 Å². The SMILES string of the molecule is Cc1ccccc1-n1c(CC2CCN(S(=O)(=O)c3ccccc3F)CC2)n[nH]c1=O. The summed E-state index contributed by atoms with van der Waals surface area (Å²) in [6.07, 6.45) is 1.78. The van der Waals surface area contributed by atoms with Crippen LogP contribution in [0, 0.1) is 18.7 Å². The Labute approximate surface area is 174 Å². The number of nitrogens with one attached hydrogen (secondary N) is 1. The monoisotopic (exact) mass is 430 g/mol. The fourth-order valence-corrected chi connectivity index (χ4v) is 5.47. The van der Waals surface area contributed by atoms with Gasteiger partial charge in [0.25, 0.3) is 0 Å². The average molecular weight is 431 g/mol. The number of rotatable bonds is 5. The summed E-state index contributed by atoms with van der Waals surface area (Å²) in [6.45, 7) is 2.55. The summed E-state index contributed by atoms with van der Waals surface area (Å²) < 4.78 is 42.5. The molecule has 1 aliphatic heterocycles. The summed E-state index contributed by atoms with van der Waals surface area (Å²) in [5.74, 6) is 0.0677. The van der Waals surface area contributed by atoms with Crippen molar-refractivity contribution in [2.24, 2.45) is 5.92 Å². The van der Waals surface area contributed by atoms with Crippen molar-refractivity contribution in [3.63, 3.8) is 0 Å². The maximum absolute atomic E-state index is 14.0. The van der Waals surface area contributed by atoms with Gasteiger partial charge in [0.15, 0.2) is 0 Å². The van der Waals surface area contributed by atoms with E-state index in [-0.39, 0.29) is 16.5 Å². The van der Waals surface area contributed by atoms with Gasteiger partial charge in [0.1, 0.15) is 16.5 Å². The molecule has 1 aliphatic rings. The van der Waals surface area contributed by atoms with E-state index in [1.54, 1.807) is 4.57 Å². The predicted octanol–water partition coefficient (Wildman–Crippen LogP) is 2.65. The Balaban J connectivity index is 1.49. The van der Waals surface area contributed by atoms with Gasteiger partial charge in [-0.15, -0.1) is 0 Å². The molecule has 0 amide bonds. The molecule has 2 aromatic carbocycles. The van der Waals surface area contributed by atoms with E-state index in [1.807, 2.05) is 31.2 Å². The van der Waals surface area contributed by atoms with Gasteiger partial charge >= 0.3 is 5.69 Å². The van der Waals surface area contributed by atoms with E-state index >= 15 is 0 Å². The molecule has 0 unspecified atom stereocenters. The largest absolute Gasteiger partial charge is 0.347 e. The van der Waals surface area contributed by atoms with Crippen LogP contribution in [0.15, 0.2) is 58.2 Å². The molecular formula is C21H23FN4O3S. The number of sulfonamides is 1. The number of H-pyrrole nitrogens is 1. The minimum Gasteiger partial charge on any atom is -0.247 e. The number of hydrogen-bond donors (Lipinski definition) is 1. The number of nitrogens with zero attached hydrogens (tertiary/aromatic N) is 3. The first-order chi connectivity index (χ1) is 14.4. The number of piperidine rings is 1. The predicted molar refractivity (Wildman–Crippen MR) is 111 cm³/mol. The zero-order valence-corrected chi connectivity index (χ0v) is 17.4. The Morgan fingerprint density at radius 2 is 1.77 bits per heavy atom. The van der Waals surface area contributed by atoms with Crippen molar-refractivity contribution < 1.29 is 12.8 Å².